The number of benzene rings is 1. The van der Waals surface area contributed by atoms with Gasteiger partial charge in [-0.1, -0.05) is 17.8 Å². The highest BCUT2D eigenvalue weighted by Gasteiger charge is 2.52. The smallest absolute Gasteiger partial charge is 0.400 e. The second kappa shape index (κ2) is 7.17. The normalized spacial score (nSPS) is 19.4. The van der Waals surface area contributed by atoms with Crippen LogP contribution < -0.4 is 0 Å². The average molecular weight is 372 g/mol. The summed E-state index contributed by atoms with van der Waals surface area (Å²) in [7, 11) is -0.845. The first kappa shape index (κ1) is 20.1. The molecule has 1 aromatic carbocycles. The molecular formula is C17H20BF3O3S. The van der Waals surface area contributed by atoms with E-state index in [1.807, 2.05) is 27.7 Å². The minimum Gasteiger partial charge on any atom is -0.400 e. The van der Waals surface area contributed by atoms with Gasteiger partial charge < -0.3 is 9.31 Å². The lowest BCUT2D eigenvalue weighted by Gasteiger charge is -2.32. The highest BCUT2D eigenvalue weighted by molar-refractivity contribution is 8.13. The number of halogens is 3. The van der Waals surface area contributed by atoms with Gasteiger partial charge in [0.15, 0.2) is 16.7 Å². The molecule has 136 valence electrons. The third kappa shape index (κ3) is 4.48. The van der Waals surface area contributed by atoms with Crippen LogP contribution in [-0.2, 0) is 14.1 Å². The number of hydrogen-bond acceptors (Lipinski definition) is 4. The van der Waals surface area contributed by atoms with Gasteiger partial charge in [-0.05, 0) is 39.2 Å². The van der Waals surface area contributed by atoms with Gasteiger partial charge in [0.25, 0.3) is 0 Å². The highest BCUT2D eigenvalue weighted by Crippen LogP contribution is 2.39. The first-order valence-corrected chi connectivity index (χ1v) is 8.75. The first-order valence-electron chi connectivity index (χ1n) is 7.77. The van der Waals surface area contributed by atoms with E-state index in [1.165, 1.54) is 13.0 Å². The minimum atomic E-state index is -1.28. The van der Waals surface area contributed by atoms with Crippen molar-refractivity contribution in [2.45, 2.75) is 45.8 Å². The summed E-state index contributed by atoms with van der Waals surface area (Å²) in [5.74, 6) is -3.18. The molecule has 2 rings (SSSR count). The molecule has 8 heteroatoms. The van der Waals surface area contributed by atoms with Crippen LogP contribution in [-0.4, -0.2) is 29.2 Å². The summed E-state index contributed by atoms with van der Waals surface area (Å²) in [4.78, 5) is 11.3. The van der Waals surface area contributed by atoms with Crippen LogP contribution in [0.2, 0.25) is 0 Å². The Kier molecular flexibility index (Phi) is 5.76. The molecule has 0 bridgehead atoms. The van der Waals surface area contributed by atoms with Gasteiger partial charge in [-0.3, -0.25) is 4.79 Å². The average Bonchev–Trinajstić information content (AvgIpc) is 2.68. The van der Waals surface area contributed by atoms with Crippen LogP contribution in [0.3, 0.4) is 0 Å². The van der Waals surface area contributed by atoms with Crippen LogP contribution >= 0.6 is 11.8 Å². The highest BCUT2D eigenvalue weighted by atomic mass is 32.2. The molecule has 1 heterocycles. The zero-order valence-electron chi connectivity index (χ0n) is 14.8. The Bertz CT molecular complexity index is 703. The van der Waals surface area contributed by atoms with Crippen molar-refractivity contribution in [2.75, 3.05) is 5.75 Å². The summed E-state index contributed by atoms with van der Waals surface area (Å²) in [6.07, 6.45) is 1.28. The summed E-state index contributed by atoms with van der Waals surface area (Å²) < 4.78 is 52.7. The fourth-order valence-corrected chi connectivity index (χ4v) is 2.83. The molecule has 1 aliphatic rings. The molecule has 3 nitrogen and oxygen atoms in total. The fraction of sp³-hybridized carbons (Fsp3) is 0.471. The lowest BCUT2D eigenvalue weighted by atomic mass is 9.78. The van der Waals surface area contributed by atoms with Gasteiger partial charge in [-0.2, -0.15) is 0 Å². The standard InChI is InChI=1S/C17H20BF3O3S/c1-10(22)25-9-12(18-23-16(2,3)17(4,5)24-18)6-11-7-13(19)8-14(20)15(11)21/h6-8H,9H2,1-5H3. The van der Waals surface area contributed by atoms with Gasteiger partial charge in [0.05, 0.1) is 11.2 Å². The fourth-order valence-electron chi connectivity index (χ4n) is 2.24. The number of hydrogen-bond donors (Lipinski definition) is 0. The monoisotopic (exact) mass is 372 g/mol. The number of rotatable bonds is 4. The van der Waals surface area contributed by atoms with Crippen LogP contribution in [0.1, 0.15) is 40.2 Å². The van der Waals surface area contributed by atoms with Gasteiger partial charge in [0.1, 0.15) is 5.82 Å². The van der Waals surface area contributed by atoms with E-state index in [4.69, 9.17) is 9.31 Å². The number of thioether (sulfide) groups is 1. The second-order valence-corrected chi connectivity index (χ2v) is 8.03. The Morgan fingerprint density at radius 1 is 1.16 bits per heavy atom. The van der Waals surface area contributed by atoms with Crippen LogP contribution in [0.25, 0.3) is 6.08 Å². The van der Waals surface area contributed by atoms with E-state index in [0.717, 1.165) is 17.8 Å². The predicted octanol–water partition coefficient (Wildman–Crippen LogP) is 4.40. The van der Waals surface area contributed by atoms with Crippen LogP contribution in [0, 0.1) is 17.5 Å². The lowest BCUT2D eigenvalue weighted by molar-refractivity contribution is -0.109. The Morgan fingerprint density at radius 3 is 2.24 bits per heavy atom. The van der Waals surface area contributed by atoms with Crippen molar-refractivity contribution in [3.8, 4) is 0 Å². The molecule has 0 N–H and O–H groups in total. The molecule has 0 aromatic heterocycles. The van der Waals surface area contributed by atoms with Crippen molar-refractivity contribution in [1.29, 1.82) is 0 Å². The Balaban J connectivity index is 2.42. The Morgan fingerprint density at radius 2 is 1.72 bits per heavy atom. The van der Waals surface area contributed by atoms with Crippen LogP contribution in [0.5, 0.6) is 0 Å². The molecule has 0 spiro atoms. The molecule has 1 fully saturated rings. The maximum Gasteiger partial charge on any atom is 0.491 e. The van der Waals surface area contributed by atoms with E-state index in [-0.39, 0.29) is 16.4 Å². The van der Waals surface area contributed by atoms with E-state index < -0.39 is 35.8 Å². The molecule has 1 aliphatic heterocycles. The SMILES string of the molecule is CC(=O)SCC(=Cc1cc(F)cc(F)c1F)B1OC(C)(C)C(C)(C)O1. The van der Waals surface area contributed by atoms with Crippen molar-refractivity contribution in [3.05, 3.63) is 40.6 Å². The Labute approximate surface area is 150 Å². The van der Waals surface area contributed by atoms with Crippen molar-refractivity contribution in [1.82, 2.24) is 0 Å². The Hall–Kier alpha value is -1.25. The topological polar surface area (TPSA) is 35.5 Å². The molecule has 0 unspecified atom stereocenters. The quantitative estimate of drug-likeness (QED) is 0.580. The molecular weight excluding hydrogens is 352 g/mol. The summed E-state index contributed by atoms with van der Waals surface area (Å²) in [5.41, 5.74) is -1.11. The van der Waals surface area contributed by atoms with Crippen LogP contribution in [0.15, 0.2) is 17.6 Å². The van der Waals surface area contributed by atoms with E-state index in [1.54, 1.807) is 0 Å². The lowest BCUT2D eigenvalue weighted by Crippen LogP contribution is -2.41. The molecule has 0 amide bonds. The molecule has 0 aliphatic carbocycles. The van der Waals surface area contributed by atoms with Crippen LogP contribution in [0.4, 0.5) is 13.2 Å². The number of carbonyl (C=O) groups is 1. The summed E-state index contributed by atoms with van der Waals surface area (Å²) in [5, 5.41) is -0.145. The summed E-state index contributed by atoms with van der Waals surface area (Å²) in [6.45, 7) is 8.81. The van der Waals surface area contributed by atoms with Gasteiger partial charge in [0, 0.05) is 24.3 Å². The van der Waals surface area contributed by atoms with Gasteiger partial charge in [-0.15, -0.1) is 0 Å². The molecule has 25 heavy (non-hydrogen) atoms. The first-order chi connectivity index (χ1) is 11.4. The van der Waals surface area contributed by atoms with Crippen molar-refractivity contribution in [2.24, 2.45) is 0 Å². The van der Waals surface area contributed by atoms with Gasteiger partial charge >= 0.3 is 7.12 Å². The van der Waals surface area contributed by atoms with Gasteiger partial charge in [0.2, 0.25) is 0 Å². The predicted molar refractivity (Wildman–Crippen MR) is 93.5 cm³/mol. The summed E-state index contributed by atoms with van der Waals surface area (Å²) >= 11 is 0.983. The summed E-state index contributed by atoms with van der Waals surface area (Å²) in [6, 6.07) is 1.37. The maximum absolute atomic E-state index is 14.0. The van der Waals surface area contributed by atoms with Crippen molar-refractivity contribution < 1.29 is 27.3 Å². The van der Waals surface area contributed by atoms with Crippen molar-refractivity contribution >= 4 is 30.1 Å². The molecule has 0 radical (unpaired) electrons. The molecule has 0 saturated carbocycles. The van der Waals surface area contributed by atoms with E-state index in [2.05, 4.69) is 0 Å². The molecule has 0 atom stereocenters. The zero-order valence-corrected chi connectivity index (χ0v) is 15.6. The number of carbonyl (C=O) groups excluding carboxylic acids is 1. The van der Waals surface area contributed by atoms with E-state index >= 15 is 0 Å². The third-order valence-electron chi connectivity index (χ3n) is 4.36. The largest absolute Gasteiger partial charge is 0.491 e. The van der Waals surface area contributed by atoms with Crippen molar-refractivity contribution in [3.63, 3.8) is 0 Å². The van der Waals surface area contributed by atoms with Gasteiger partial charge in [-0.25, -0.2) is 13.2 Å². The van der Waals surface area contributed by atoms with E-state index in [0.29, 0.717) is 11.5 Å². The maximum atomic E-state index is 14.0. The third-order valence-corrected chi connectivity index (χ3v) is 5.24. The minimum absolute atomic E-state index is 0.145. The second-order valence-electron chi connectivity index (χ2n) is 6.88. The molecule has 1 saturated heterocycles. The zero-order chi connectivity index (χ0) is 19.0. The van der Waals surface area contributed by atoms with E-state index in [9.17, 15) is 18.0 Å². The molecule has 1 aromatic rings.